The van der Waals surface area contributed by atoms with Crippen molar-refractivity contribution in [2.75, 3.05) is 0 Å². The van der Waals surface area contributed by atoms with Crippen molar-refractivity contribution < 1.29 is 9.90 Å². The summed E-state index contributed by atoms with van der Waals surface area (Å²) in [5, 5.41) is 11.5. The van der Waals surface area contributed by atoms with Crippen LogP contribution in [-0.2, 0) is 11.2 Å². The van der Waals surface area contributed by atoms with Gasteiger partial charge in [0.15, 0.2) is 0 Å². The third-order valence-electron chi connectivity index (χ3n) is 4.15. The van der Waals surface area contributed by atoms with E-state index in [1.54, 1.807) is 6.92 Å². The van der Waals surface area contributed by atoms with Crippen molar-refractivity contribution in [3.63, 3.8) is 0 Å². The lowest BCUT2D eigenvalue weighted by Crippen LogP contribution is -2.07. The lowest BCUT2D eigenvalue weighted by atomic mass is 9.97. The van der Waals surface area contributed by atoms with Crippen molar-refractivity contribution in [2.45, 2.75) is 33.1 Å². The van der Waals surface area contributed by atoms with Gasteiger partial charge in [0.05, 0.1) is 5.92 Å². The van der Waals surface area contributed by atoms with Crippen LogP contribution in [0, 0.1) is 5.92 Å². The molecule has 1 atom stereocenters. The average molecular weight is 334 g/mol. The van der Waals surface area contributed by atoms with E-state index >= 15 is 0 Å². The van der Waals surface area contributed by atoms with Crippen LogP contribution in [0.2, 0.25) is 0 Å². The number of rotatable bonds is 4. The molecule has 1 N–H and O–H groups in total. The summed E-state index contributed by atoms with van der Waals surface area (Å²) in [4.78, 5) is 10.8. The van der Waals surface area contributed by atoms with E-state index in [-0.39, 0.29) is 0 Å². The zero-order valence-corrected chi connectivity index (χ0v) is 15.1. The molecular formula is C23H26O2. The Hall–Kier alpha value is -2.61. The number of aliphatic carboxylic acids is 1. The van der Waals surface area contributed by atoms with Gasteiger partial charge in [-0.25, -0.2) is 0 Å². The number of carboxylic acid groups (broad SMARTS) is 1. The number of hydrogen-bond acceptors (Lipinski definition) is 1. The SMILES string of the molecule is CC(C)Cc1ccc(C(C)C(=O)O)cc1.c1ccc2ccccc2c1. The van der Waals surface area contributed by atoms with Crippen molar-refractivity contribution in [2.24, 2.45) is 5.92 Å². The number of fused-ring (bicyclic) bond motifs is 1. The largest absolute Gasteiger partial charge is 0.481 e. The molecule has 25 heavy (non-hydrogen) atoms. The van der Waals surface area contributed by atoms with Gasteiger partial charge in [0.2, 0.25) is 0 Å². The normalized spacial score (nSPS) is 11.7. The first-order valence-corrected chi connectivity index (χ1v) is 8.73. The second-order valence-electron chi connectivity index (χ2n) is 6.75. The first-order chi connectivity index (χ1) is 12.0. The van der Waals surface area contributed by atoms with E-state index in [9.17, 15) is 4.79 Å². The Labute approximate surface area is 150 Å². The maximum absolute atomic E-state index is 10.8. The van der Waals surface area contributed by atoms with Gasteiger partial charge in [0, 0.05) is 0 Å². The van der Waals surface area contributed by atoms with Crippen LogP contribution in [0.3, 0.4) is 0 Å². The average Bonchev–Trinajstić information content (AvgIpc) is 2.62. The summed E-state index contributed by atoms with van der Waals surface area (Å²) >= 11 is 0. The lowest BCUT2D eigenvalue weighted by molar-refractivity contribution is -0.138. The van der Waals surface area contributed by atoms with Gasteiger partial charge in [0.25, 0.3) is 0 Å². The van der Waals surface area contributed by atoms with Gasteiger partial charge in [-0.2, -0.15) is 0 Å². The van der Waals surface area contributed by atoms with Gasteiger partial charge >= 0.3 is 5.97 Å². The van der Waals surface area contributed by atoms with E-state index < -0.39 is 11.9 Å². The van der Waals surface area contributed by atoms with E-state index in [1.807, 2.05) is 24.3 Å². The topological polar surface area (TPSA) is 37.3 Å². The molecule has 0 aliphatic carbocycles. The standard InChI is InChI=1S/C13H18O2.C10H8/c1-9(2)8-11-4-6-12(7-5-11)10(3)13(14)15;1-2-6-10-8-4-3-7-9(10)5-1/h4-7,9-10H,8H2,1-3H3,(H,14,15);1-8H. The Morgan fingerprint density at radius 2 is 1.24 bits per heavy atom. The van der Waals surface area contributed by atoms with Gasteiger partial charge in [-0.15, -0.1) is 0 Å². The summed E-state index contributed by atoms with van der Waals surface area (Å²) in [7, 11) is 0. The molecule has 0 amide bonds. The molecular weight excluding hydrogens is 308 g/mol. The fourth-order valence-electron chi connectivity index (χ4n) is 2.69. The molecule has 2 heteroatoms. The quantitative estimate of drug-likeness (QED) is 0.643. The van der Waals surface area contributed by atoms with Crippen molar-refractivity contribution in [3.8, 4) is 0 Å². The highest BCUT2D eigenvalue weighted by Gasteiger charge is 2.12. The van der Waals surface area contributed by atoms with E-state index in [0.29, 0.717) is 5.92 Å². The van der Waals surface area contributed by atoms with Crippen LogP contribution in [-0.4, -0.2) is 11.1 Å². The molecule has 0 heterocycles. The molecule has 0 saturated heterocycles. The smallest absolute Gasteiger partial charge is 0.310 e. The molecule has 0 spiro atoms. The van der Waals surface area contributed by atoms with Crippen LogP contribution in [0.1, 0.15) is 37.8 Å². The molecule has 130 valence electrons. The van der Waals surface area contributed by atoms with Crippen LogP contribution in [0.4, 0.5) is 0 Å². The molecule has 0 bridgehead atoms. The maximum atomic E-state index is 10.8. The second kappa shape index (κ2) is 9.03. The zero-order valence-electron chi connectivity index (χ0n) is 15.1. The van der Waals surface area contributed by atoms with Gasteiger partial charge in [0.1, 0.15) is 0 Å². The summed E-state index contributed by atoms with van der Waals surface area (Å²) in [6.45, 7) is 6.06. The highest BCUT2D eigenvalue weighted by atomic mass is 16.4. The fourth-order valence-corrected chi connectivity index (χ4v) is 2.69. The summed E-state index contributed by atoms with van der Waals surface area (Å²) in [6, 6.07) is 24.6. The van der Waals surface area contributed by atoms with Crippen LogP contribution in [0.5, 0.6) is 0 Å². The minimum absolute atomic E-state index is 0.418. The Morgan fingerprint density at radius 3 is 1.60 bits per heavy atom. The Morgan fingerprint density at radius 1 is 0.800 bits per heavy atom. The number of hydrogen-bond donors (Lipinski definition) is 1. The van der Waals surface area contributed by atoms with Crippen LogP contribution < -0.4 is 0 Å². The molecule has 3 rings (SSSR count). The number of carbonyl (C=O) groups is 1. The van der Waals surface area contributed by atoms with Gasteiger partial charge in [-0.05, 0) is 41.2 Å². The van der Waals surface area contributed by atoms with Gasteiger partial charge in [-0.1, -0.05) is 86.6 Å². The van der Waals surface area contributed by atoms with E-state index in [2.05, 4.69) is 62.4 Å². The molecule has 1 unspecified atom stereocenters. The molecule has 0 radical (unpaired) electrons. The van der Waals surface area contributed by atoms with Crippen molar-refractivity contribution in [3.05, 3.63) is 83.9 Å². The highest BCUT2D eigenvalue weighted by Crippen LogP contribution is 2.17. The summed E-state index contributed by atoms with van der Waals surface area (Å²) in [6.07, 6.45) is 1.04. The first-order valence-electron chi connectivity index (χ1n) is 8.73. The molecule has 3 aromatic carbocycles. The highest BCUT2D eigenvalue weighted by molar-refractivity contribution is 5.82. The number of benzene rings is 3. The van der Waals surface area contributed by atoms with Crippen molar-refractivity contribution >= 4 is 16.7 Å². The van der Waals surface area contributed by atoms with Crippen molar-refractivity contribution in [1.82, 2.24) is 0 Å². The summed E-state index contributed by atoms with van der Waals surface area (Å²) in [5.41, 5.74) is 2.14. The molecule has 0 saturated carbocycles. The maximum Gasteiger partial charge on any atom is 0.310 e. The predicted molar refractivity (Wildman–Crippen MR) is 105 cm³/mol. The molecule has 3 aromatic rings. The third-order valence-corrected chi connectivity index (χ3v) is 4.15. The van der Waals surface area contributed by atoms with Crippen LogP contribution in [0.15, 0.2) is 72.8 Å². The van der Waals surface area contributed by atoms with Gasteiger partial charge in [-0.3, -0.25) is 4.79 Å². The fraction of sp³-hybridized carbons (Fsp3) is 0.261. The zero-order chi connectivity index (χ0) is 18.2. The Balaban J connectivity index is 0.000000194. The lowest BCUT2D eigenvalue weighted by Gasteiger charge is -2.09. The monoisotopic (exact) mass is 334 g/mol. The molecule has 0 aromatic heterocycles. The predicted octanol–water partition coefficient (Wildman–Crippen LogP) is 5.91. The molecule has 0 aliphatic rings. The van der Waals surface area contributed by atoms with Gasteiger partial charge < -0.3 is 5.11 Å². The molecule has 0 aliphatic heterocycles. The third kappa shape index (κ3) is 5.75. The van der Waals surface area contributed by atoms with Crippen LogP contribution >= 0.6 is 0 Å². The Kier molecular flexibility index (Phi) is 6.76. The summed E-state index contributed by atoms with van der Waals surface area (Å²) < 4.78 is 0. The molecule has 0 fully saturated rings. The molecule has 2 nitrogen and oxygen atoms in total. The minimum atomic E-state index is -0.772. The summed E-state index contributed by atoms with van der Waals surface area (Å²) in [5.74, 6) is -0.558. The number of carboxylic acids is 1. The van der Waals surface area contributed by atoms with E-state index in [4.69, 9.17) is 5.11 Å². The minimum Gasteiger partial charge on any atom is -0.481 e. The van der Waals surface area contributed by atoms with E-state index in [0.717, 1.165) is 12.0 Å². The Bertz CT molecular complexity index is 738. The van der Waals surface area contributed by atoms with E-state index in [1.165, 1.54) is 16.3 Å². The van der Waals surface area contributed by atoms with Crippen LogP contribution in [0.25, 0.3) is 10.8 Å². The van der Waals surface area contributed by atoms with Crippen molar-refractivity contribution in [1.29, 1.82) is 0 Å². The first kappa shape index (κ1) is 18.7. The second-order valence-corrected chi connectivity index (χ2v) is 6.75.